The van der Waals surface area contributed by atoms with Crippen molar-refractivity contribution >= 4 is 23.4 Å². The fourth-order valence-corrected chi connectivity index (χ4v) is 3.85. The first-order valence-corrected chi connectivity index (χ1v) is 8.99. The number of benzene rings is 1. The number of piperidine rings is 1. The number of imide groups is 1. The molecular weight excluding hydrogens is 318 g/mol. The summed E-state index contributed by atoms with van der Waals surface area (Å²) < 4.78 is 0. The number of quaternary nitrogens is 1. The van der Waals surface area contributed by atoms with Crippen molar-refractivity contribution < 1.29 is 19.3 Å². The molecule has 0 radical (unpaired) electrons. The van der Waals surface area contributed by atoms with Gasteiger partial charge in [-0.3, -0.25) is 14.4 Å². The zero-order valence-electron chi connectivity index (χ0n) is 14.8. The van der Waals surface area contributed by atoms with E-state index in [1.54, 1.807) is 0 Å². The van der Waals surface area contributed by atoms with Gasteiger partial charge >= 0.3 is 0 Å². The van der Waals surface area contributed by atoms with Gasteiger partial charge < -0.3 is 10.6 Å². The number of amides is 3. The molecule has 1 aromatic rings. The molecular formula is C19H26N3O3+. The SMILES string of the molecule is CC(C)c1ccc(N2C(=O)C[C@H]([NH+]3CCC(C(N)=O)CC3)C2=O)cc1. The lowest BCUT2D eigenvalue weighted by atomic mass is 9.95. The van der Waals surface area contributed by atoms with Crippen molar-refractivity contribution in [3.8, 4) is 0 Å². The molecule has 2 aliphatic heterocycles. The number of rotatable bonds is 4. The average molecular weight is 344 g/mol. The topological polar surface area (TPSA) is 84.9 Å². The molecule has 1 atom stereocenters. The normalized spacial score (nSPS) is 27.2. The van der Waals surface area contributed by atoms with Crippen molar-refractivity contribution in [2.75, 3.05) is 18.0 Å². The molecule has 0 aliphatic carbocycles. The van der Waals surface area contributed by atoms with E-state index in [4.69, 9.17) is 5.73 Å². The Hall–Kier alpha value is -2.21. The zero-order chi connectivity index (χ0) is 18.1. The molecule has 25 heavy (non-hydrogen) atoms. The van der Waals surface area contributed by atoms with Gasteiger partial charge in [0.05, 0.1) is 25.2 Å². The number of carbonyl (C=O) groups excluding carboxylic acids is 3. The van der Waals surface area contributed by atoms with Crippen LogP contribution < -0.4 is 15.5 Å². The number of nitrogens with zero attached hydrogens (tertiary/aromatic N) is 1. The first-order chi connectivity index (χ1) is 11.9. The zero-order valence-corrected chi connectivity index (χ0v) is 14.8. The minimum atomic E-state index is -0.342. The van der Waals surface area contributed by atoms with Crippen LogP contribution in [0.15, 0.2) is 24.3 Å². The van der Waals surface area contributed by atoms with E-state index >= 15 is 0 Å². The van der Waals surface area contributed by atoms with E-state index in [1.165, 1.54) is 10.5 Å². The Balaban J connectivity index is 1.71. The van der Waals surface area contributed by atoms with E-state index < -0.39 is 0 Å². The largest absolute Gasteiger partial charge is 0.369 e. The van der Waals surface area contributed by atoms with E-state index in [9.17, 15) is 14.4 Å². The second-order valence-corrected chi connectivity index (χ2v) is 7.41. The Kier molecular flexibility index (Phi) is 4.90. The third-order valence-electron chi connectivity index (χ3n) is 5.49. The first kappa shape index (κ1) is 17.6. The highest BCUT2D eigenvalue weighted by Crippen LogP contribution is 2.25. The van der Waals surface area contributed by atoms with Crippen LogP contribution in [0.3, 0.4) is 0 Å². The maximum atomic E-state index is 12.8. The lowest BCUT2D eigenvalue weighted by Gasteiger charge is -2.30. The van der Waals surface area contributed by atoms with Gasteiger partial charge in [0, 0.05) is 18.8 Å². The number of carbonyl (C=O) groups is 3. The predicted octanol–water partition coefficient (Wildman–Crippen LogP) is 0.222. The van der Waals surface area contributed by atoms with Crippen molar-refractivity contribution in [1.82, 2.24) is 0 Å². The molecule has 2 aliphatic rings. The Morgan fingerprint density at radius 3 is 2.28 bits per heavy atom. The average Bonchev–Trinajstić information content (AvgIpc) is 2.89. The highest BCUT2D eigenvalue weighted by atomic mass is 16.2. The van der Waals surface area contributed by atoms with E-state index in [1.807, 2.05) is 24.3 Å². The number of anilines is 1. The van der Waals surface area contributed by atoms with Crippen LogP contribution in [0, 0.1) is 5.92 Å². The summed E-state index contributed by atoms with van der Waals surface area (Å²) in [5.74, 6) is -0.232. The van der Waals surface area contributed by atoms with Gasteiger partial charge in [-0.05, 0) is 23.6 Å². The van der Waals surface area contributed by atoms with Crippen molar-refractivity contribution in [3.63, 3.8) is 0 Å². The summed E-state index contributed by atoms with van der Waals surface area (Å²) in [6, 6.07) is 7.30. The maximum Gasteiger partial charge on any atom is 0.292 e. The van der Waals surface area contributed by atoms with Gasteiger partial charge in [-0.15, -0.1) is 0 Å². The molecule has 3 amide bonds. The summed E-state index contributed by atoms with van der Waals surface area (Å²) in [7, 11) is 0. The Morgan fingerprint density at radius 2 is 1.76 bits per heavy atom. The summed E-state index contributed by atoms with van der Waals surface area (Å²) in [4.78, 5) is 39.0. The number of hydrogen-bond acceptors (Lipinski definition) is 3. The van der Waals surface area contributed by atoms with Crippen LogP contribution in [0.4, 0.5) is 5.69 Å². The van der Waals surface area contributed by atoms with Crippen LogP contribution in [0.1, 0.15) is 44.6 Å². The summed E-state index contributed by atoms with van der Waals surface area (Å²) in [6.07, 6.45) is 1.61. The number of nitrogens with two attached hydrogens (primary N) is 1. The smallest absolute Gasteiger partial charge is 0.292 e. The van der Waals surface area contributed by atoms with Gasteiger partial charge in [0.15, 0.2) is 6.04 Å². The molecule has 6 heteroatoms. The highest BCUT2D eigenvalue weighted by molar-refractivity contribution is 6.21. The van der Waals surface area contributed by atoms with Gasteiger partial charge in [0.2, 0.25) is 11.8 Å². The lowest BCUT2D eigenvalue weighted by Crippen LogP contribution is -3.17. The molecule has 0 aromatic heterocycles. The Bertz CT molecular complexity index is 676. The van der Waals surface area contributed by atoms with E-state index in [2.05, 4.69) is 13.8 Å². The summed E-state index contributed by atoms with van der Waals surface area (Å²) in [5.41, 5.74) is 7.20. The molecule has 0 spiro atoms. The second-order valence-electron chi connectivity index (χ2n) is 7.41. The van der Waals surface area contributed by atoms with Crippen LogP contribution in [0.5, 0.6) is 0 Å². The molecule has 2 heterocycles. The molecule has 0 unspecified atom stereocenters. The summed E-state index contributed by atoms with van der Waals surface area (Å²) in [5, 5.41) is 0. The number of likely N-dealkylation sites (tertiary alicyclic amines) is 1. The quantitative estimate of drug-likeness (QED) is 0.767. The minimum Gasteiger partial charge on any atom is -0.369 e. The molecule has 2 saturated heterocycles. The molecule has 2 fully saturated rings. The van der Waals surface area contributed by atoms with Crippen LogP contribution in [0.25, 0.3) is 0 Å². The van der Waals surface area contributed by atoms with E-state index in [0.717, 1.165) is 4.90 Å². The van der Waals surface area contributed by atoms with Gasteiger partial charge in [0.1, 0.15) is 0 Å². The highest BCUT2D eigenvalue weighted by Gasteiger charge is 2.46. The first-order valence-electron chi connectivity index (χ1n) is 8.99. The van der Waals surface area contributed by atoms with Crippen LogP contribution in [-0.4, -0.2) is 36.9 Å². The molecule has 3 rings (SSSR count). The predicted molar refractivity (Wildman–Crippen MR) is 94.0 cm³/mol. The number of hydrogen-bond donors (Lipinski definition) is 2. The minimum absolute atomic E-state index is 0.101. The van der Waals surface area contributed by atoms with Crippen molar-refractivity contribution in [1.29, 1.82) is 0 Å². The van der Waals surface area contributed by atoms with Crippen LogP contribution >= 0.6 is 0 Å². The second kappa shape index (κ2) is 6.96. The maximum absolute atomic E-state index is 12.8. The lowest BCUT2D eigenvalue weighted by molar-refractivity contribution is -0.920. The van der Waals surface area contributed by atoms with Gasteiger partial charge in [-0.1, -0.05) is 26.0 Å². The van der Waals surface area contributed by atoms with Crippen molar-refractivity contribution in [3.05, 3.63) is 29.8 Å². The molecule has 0 saturated carbocycles. The van der Waals surface area contributed by atoms with E-state index in [0.29, 0.717) is 37.5 Å². The monoisotopic (exact) mass is 344 g/mol. The molecule has 0 bridgehead atoms. The molecule has 6 nitrogen and oxygen atoms in total. The van der Waals surface area contributed by atoms with Crippen LogP contribution in [-0.2, 0) is 14.4 Å². The van der Waals surface area contributed by atoms with Gasteiger partial charge in [-0.25, -0.2) is 4.90 Å². The fraction of sp³-hybridized carbons (Fsp3) is 0.526. The summed E-state index contributed by atoms with van der Waals surface area (Å²) >= 11 is 0. The van der Waals surface area contributed by atoms with E-state index in [-0.39, 0.29) is 36.1 Å². The molecule has 134 valence electrons. The van der Waals surface area contributed by atoms with Gasteiger partial charge in [-0.2, -0.15) is 0 Å². The Morgan fingerprint density at radius 1 is 1.16 bits per heavy atom. The molecule has 3 N–H and O–H groups in total. The molecule has 1 aromatic carbocycles. The standard InChI is InChI=1S/C19H25N3O3/c1-12(2)13-3-5-15(6-4-13)22-17(23)11-16(19(22)25)21-9-7-14(8-10-21)18(20)24/h3-6,12,14,16H,7-11H2,1-2H3,(H2,20,24)/p+1/t16-/m0/s1. The Labute approximate surface area is 148 Å². The number of nitrogens with one attached hydrogen (secondary N) is 1. The number of primary amides is 1. The summed E-state index contributed by atoms with van der Waals surface area (Å²) in [6.45, 7) is 5.63. The fourth-order valence-electron chi connectivity index (χ4n) is 3.85. The van der Waals surface area contributed by atoms with Crippen molar-refractivity contribution in [2.45, 2.75) is 45.1 Å². The third-order valence-corrected chi connectivity index (χ3v) is 5.49. The van der Waals surface area contributed by atoms with Gasteiger partial charge in [0.25, 0.3) is 5.91 Å². The van der Waals surface area contributed by atoms with Crippen LogP contribution in [0.2, 0.25) is 0 Å². The van der Waals surface area contributed by atoms with Crippen molar-refractivity contribution in [2.24, 2.45) is 11.7 Å². The third kappa shape index (κ3) is 3.44.